The summed E-state index contributed by atoms with van der Waals surface area (Å²) in [6.07, 6.45) is 14.4. The van der Waals surface area contributed by atoms with E-state index in [2.05, 4.69) is 22.8 Å². The second kappa shape index (κ2) is 8.44. The number of hydrogen-bond acceptors (Lipinski definition) is 2. The zero-order chi connectivity index (χ0) is 25.5. The average molecular weight is 509 g/mol. The summed E-state index contributed by atoms with van der Waals surface area (Å²) < 4.78 is 0. The van der Waals surface area contributed by atoms with E-state index in [1.807, 2.05) is 36.4 Å². The number of carbonyl (C=O) groups excluding carboxylic acids is 2. The fourth-order valence-electron chi connectivity index (χ4n) is 10.9. The topological polar surface area (TPSA) is 58.2 Å². The largest absolute Gasteiger partial charge is 0.325 e. The SMILES string of the molecule is O=C(Nc1ccccc1-c1ccccc1NC(=O)C12CC3CC(CC(C3)C1)C2)C12CC3CC(CC(C3)C1)C2. The quantitative estimate of drug-likeness (QED) is 0.435. The summed E-state index contributed by atoms with van der Waals surface area (Å²) in [7, 11) is 0. The predicted octanol–water partition coefficient (Wildman–Crippen LogP) is 7.66. The van der Waals surface area contributed by atoms with Crippen LogP contribution < -0.4 is 10.6 Å². The summed E-state index contributed by atoms with van der Waals surface area (Å²) in [5, 5.41) is 6.81. The summed E-state index contributed by atoms with van der Waals surface area (Å²) >= 11 is 0. The molecule has 2 aromatic rings. The van der Waals surface area contributed by atoms with E-state index in [1.54, 1.807) is 0 Å². The maximum Gasteiger partial charge on any atom is 0.230 e. The normalized spacial score (nSPS) is 39.8. The Hall–Kier alpha value is -2.62. The van der Waals surface area contributed by atoms with Gasteiger partial charge in [0.15, 0.2) is 0 Å². The molecule has 198 valence electrons. The van der Waals surface area contributed by atoms with Crippen LogP contribution in [0.3, 0.4) is 0 Å². The molecule has 0 saturated heterocycles. The molecule has 8 fully saturated rings. The third kappa shape index (κ3) is 3.69. The van der Waals surface area contributed by atoms with Crippen molar-refractivity contribution in [3.8, 4) is 11.1 Å². The van der Waals surface area contributed by atoms with Gasteiger partial charge in [-0.15, -0.1) is 0 Å². The maximum atomic E-state index is 13.9. The molecule has 4 nitrogen and oxygen atoms in total. The molecule has 0 spiro atoms. The lowest BCUT2D eigenvalue weighted by Crippen LogP contribution is -2.51. The van der Waals surface area contributed by atoms with Crippen molar-refractivity contribution in [3.63, 3.8) is 0 Å². The first-order chi connectivity index (χ1) is 18.5. The van der Waals surface area contributed by atoms with Gasteiger partial charge in [-0.25, -0.2) is 0 Å². The number of amides is 2. The molecule has 0 atom stereocenters. The molecule has 0 heterocycles. The Kier molecular flexibility index (Phi) is 5.17. The summed E-state index contributed by atoms with van der Waals surface area (Å²) in [5.74, 6) is 4.87. The van der Waals surface area contributed by atoms with Gasteiger partial charge in [0, 0.05) is 22.5 Å². The Labute approximate surface area is 226 Å². The third-order valence-corrected chi connectivity index (χ3v) is 11.7. The van der Waals surface area contributed by atoms with Gasteiger partial charge in [0.05, 0.1) is 10.8 Å². The Morgan fingerprint density at radius 1 is 0.500 bits per heavy atom. The van der Waals surface area contributed by atoms with Crippen LogP contribution in [0.25, 0.3) is 11.1 Å². The van der Waals surface area contributed by atoms with Crippen LogP contribution in [-0.4, -0.2) is 11.8 Å². The van der Waals surface area contributed by atoms with E-state index in [9.17, 15) is 9.59 Å². The monoisotopic (exact) mass is 508 g/mol. The number of carbonyl (C=O) groups is 2. The fourth-order valence-corrected chi connectivity index (χ4v) is 10.9. The van der Waals surface area contributed by atoms with Gasteiger partial charge in [-0.05, 0) is 125 Å². The maximum absolute atomic E-state index is 13.9. The van der Waals surface area contributed by atoms with E-state index < -0.39 is 0 Å². The smallest absolute Gasteiger partial charge is 0.230 e. The lowest BCUT2D eigenvalue weighted by molar-refractivity contribution is -0.141. The minimum atomic E-state index is -0.186. The Balaban J connectivity index is 1.07. The number of para-hydroxylation sites is 2. The van der Waals surface area contributed by atoms with Gasteiger partial charge in [-0.3, -0.25) is 9.59 Å². The Morgan fingerprint density at radius 2 is 0.789 bits per heavy atom. The fraction of sp³-hybridized carbons (Fsp3) is 0.588. The highest BCUT2D eigenvalue weighted by Gasteiger charge is 2.56. The minimum Gasteiger partial charge on any atom is -0.325 e. The molecule has 2 aromatic carbocycles. The van der Waals surface area contributed by atoms with Crippen LogP contribution >= 0.6 is 0 Å². The second-order valence-corrected chi connectivity index (χ2v) is 14.4. The van der Waals surface area contributed by atoms with Gasteiger partial charge in [0.2, 0.25) is 11.8 Å². The molecule has 0 unspecified atom stereocenters. The van der Waals surface area contributed by atoms with Crippen LogP contribution in [-0.2, 0) is 9.59 Å². The van der Waals surface area contributed by atoms with Crippen molar-refractivity contribution in [1.82, 2.24) is 0 Å². The van der Waals surface area contributed by atoms with E-state index in [0.29, 0.717) is 0 Å². The van der Waals surface area contributed by atoms with E-state index in [4.69, 9.17) is 0 Å². The lowest BCUT2D eigenvalue weighted by Gasteiger charge is -2.55. The number of benzene rings is 2. The van der Waals surface area contributed by atoms with Crippen molar-refractivity contribution in [2.24, 2.45) is 46.3 Å². The molecule has 8 saturated carbocycles. The van der Waals surface area contributed by atoms with Gasteiger partial charge in [0.25, 0.3) is 0 Å². The van der Waals surface area contributed by atoms with Gasteiger partial charge in [0.1, 0.15) is 0 Å². The van der Waals surface area contributed by atoms with E-state index in [1.165, 1.54) is 38.5 Å². The second-order valence-electron chi connectivity index (χ2n) is 14.4. The molecule has 10 rings (SSSR count). The summed E-state index contributed by atoms with van der Waals surface area (Å²) in [6.45, 7) is 0. The number of hydrogen-bond donors (Lipinski definition) is 2. The molecular formula is C34H40N2O2. The van der Waals surface area contributed by atoms with Crippen molar-refractivity contribution < 1.29 is 9.59 Å². The van der Waals surface area contributed by atoms with Crippen LogP contribution in [0.1, 0.15) is 77.0 Å². The Bertz CT molecular complexity index is 1120. The van der Waals surface area contributed by atoms with Crippen LogP contribution in [0.15, 0.2) is 48.5 Å². The summed E-state index contributed by atoms with van der Waals surface area (Å²) in [4.78, 5) is 27.8. The molecule has 2 N–H and O–H groups in total. The van der Waals surface area contributed by atoms with Crippen molar-refractivity contribution >= 4 is 23.2 Å². The van der Waals surface area contributed by atoms with Crippen molar-refractivity contribution in [3.05, 3.63) is 48.5 Å². The zero-order valence-electron chi connectivity index (χ0n) is 22.4. The van der Waals surface area contributed by atoms with Crippen molar-refractivity contribution in [2.75, 3.05) is 10.6 Å². The predicted molar refractivity (Wildman–Crippen MR) is 150 cm³/mol. The molecule has 8 aliphatic rings. The molecule has 4 heteroatoms. The first-order valence-electron chi connectivity index (χ1n) is 15.3. The van der Waals surface area contributed by atoms with Crippen molar-refractivity contribution in [2.45, 2.75) is 77.0 Å². The highest BCUT2D eigenvalue weighted by atomic mass is 16.2. The third-order valence-electron chi connectivity index (χ3n) is 11.7. The van der Waals surface area contributed by atoms with Crippen LogP contribution in [0, 0.1) is 46.3 Å². The Morgan fingerprint density at radius 3 is 1.11 bits per heavy atom. The summed E-state index contributed by atoms with van der Waals surface area (Å²) in [5.41, 5.74) is 3.34. The zero-order valence-corrected chi connectivity index (χ0v) is 22.4. The number of anilines is 2. The van der Waals surface area contributed by atoms with Crippen LogP contribution in [0.5, 0.6) is 0 Å². The van der Waals surface area contributed by atoms with E-state index in [0.717, 1.165) is 96.5 Å². The molecular weight excluding hydrogens is 468 g/mol. The minimum absolute atomic E-state index is 0.186. The van der Waals surface area contributed by atoms with E-state index >= 15 is 0 Å². The molecule has 0 radical (unpaired) electrons. The molecule has 8 bridgehead atoms. The van der Waals surface area contributed by atoms with Gasteiger partial charge < -0.3 is 10.6 Å². The standard InChI is InChI=1S/C34H40N2O2/c37-31(33-15-21-9-22(16-33)11-23(10-21)17-33)35-29-7-3-1-5-27(29)28-6-2-4-8-30(28)36-32(38)34-18-24-12-25(19-34)14-26(13-24)20-34/h1-8,21-26H,9-20H2,(H,35,37)(H,36,38). The van der Waals surface area contributed by atoms with Crippen molar-refractivity contribution in [1.29, 1.82) is 0 Å². The van der Waals surface area contributed by atoms with Crippen LogP contribution in [0.2, 0.25) is 0 Å². The lowest BCUT2D eigenvalue weighted by atomic mass is 9.49. The summed E-state index contributed by atoms with van der Waals surface area (Å²) in [6, 6.07) is 16.3. The average Bonchev–Trinajstić information content (AvgIpc) is 2.88. The van der Waals surface area contributed by atoms with Gasteiger partial charge in [-0.1, -0.05) is 36.4 Å². The molecule has 0 aromatic heterocycles. The first-order valence-corrected chi connectivity index (χ1v) is 15.3. The van der Waals surface area contributed by atoms with Crippen LogP contribution in [0.4, 0.5) is 11.4 Å². The molecule has 38 heavy (non-hydrogen) atoms. The van der Waals surface area contributed by atoms with E-state index in [-0.39, 0.29) is 22.6 Å². The number of nitrogens with one attached hydrogen (secondary N) is 2. The first kappa shape index (κ1) is 23.3. The van der Waals surface area contributed by atoms with Gasteiger partial charge in [-0.2, -0.15) is 0 Å². The highest BCUT2D eigenvalue weighted by molar-refractivity contribution is 6.03. The highest BCUT2D eigenvalue weighted by Crippen LogP contribution is 2.61. The molecule has 2 amide bonds. The number of rotatable bonds is 5. The molecule has 8 aliphatic carbocycles. The molecule has 0 aliphatic heterocycles. The van der Waals surface area contributed by atoms with Gasteiger partial charge >= 0.3 is 0 Å².